The molecule has 1 N–H and O–H groups in total. The van der Waals surface area contributed by atoms with Gasteiger partial charge in [-0.3, -0.25) is 9.36 Å². The second-order valence-electron chi connectivity index (χ2n) is 4.88. The third-order valence-corrected chi connectivity index (χ3v) is 4.28. The maximum Gasteiger partial charge on any atom is 0.233 e. The van der Waals surface area contributed by atoms with E-state index in [9.17, 15) is 4.79 Å². The van der Waals surface area contributed by atoms with Gasteiger partial charge in [-0.05, 0) is 31.2 Å². The smallest absolute Gasteiger partial charge is 0.233 e. The summed E-state index contributed by atoms with van der Waals surface area (Å²) < 4.78 is 7.06. The first kappa shape index (κ1) is 15.4. The van der Waals surface area contributed by atoms with Crippen molar-refractivity contribution >= 4 is 17.7 Å². The van der Waals surface area contributed by atoms with Crippen molar-refractivity contribution in [3.05, 3.63) is 60.8 Å². The topological polar surface area (TPSA) is 73.0 Å². The highest BCUT2D eigenvalue weighted by Crippen LogP contribution is 2.23. The van der Waals surface area contributed by atoms with Crippen molar-refractivity contribution in [3.8, 4) is 5.69 Å². The lowest BCUT2D eigenvalue weighted by molar-refractivity contribution is -0.120. The third kappa shape index (κ3) is 3.81. The molecule has 0 fully saturated rings. The molecular formula is C16H16N4O2S. The van der Waals surface area contributed by atoms with E-state index in [0.29, 0.717) is 11.7 Å². The maximum absolute atomic E-state index is 12.2. The van der Waals surface area contributed by atoms with Crippen molar-refractivity contribution in [2.24, 2.45) is 0 Å². The lowest BCUT2D eigenvalue weighted by Crippen LogP contribution is -2.30. The summed E-state index contributed by atoms with van der Waals surface area (Å²) in [7, 11) is 0. The largest absolute Gasteiger partial charge is 0.467 e. The lowest BCUT2D eigenvalue weighted by Gasteiger charge is -2.11. The fourth-order valence-electron chi connectivity index (χ4n) is 2.01. The van der Waals surface area contributed by atoms with Gasteiger partial charge in [0.05, 0.1) is 18.1 Å². The van der Waals surface area contributed by atoms with Crippen molar-refractivity contribution in [2.45, 2.75) is 23.9 Å². The average Bonchev–Trinajstić information content (AvgIpc) is 3.25. The van der Waals surface area contributed by atoms with Crippen molar-refractivity contribution in [2.75, 3.05) is 0 Å². The van der Waals surface area contributed by atoms with Crippen LogP contribution in [0.3, 0.4) is 0 Å². The fraction of sp³-hybridized carbons (Fsp3) is 0.188. The first-order chi connectivity index (χ1) is 11.2. The maximum atomic E-state index is 12.2. The van der Waals surface area contributed by atoms with Crippen molar-refractivity contribution < 1.29 is 9.21 Å². The molecule has 0 aliphatic rings. The van der Waals surface area contributed by atoms with Crippen LogP contribution < -0.4 is 5.32 Å². The van der Waals surface area contributed by atoms with Crippen LogP contribution in [0.4, 0.5) is 0 Å². The number of rotatable bonds is 6. The molecule has 1 atom stereocenters. The Bertz CT molecular complexity index is 756. The molecule has 2 aromatic heterocycles. The summed E-state index contributed by atoms with van der Waals surface area (Å²) in [5.41, 5.74) is 0.961. The number of amides is 1. The molecule has 6 nitrogen and oxygen atoms in total. The van der Waals surface area contributed by atoms with Gasteiger partial charge in [0.15, 0.2) is 5.16 Å². The zero-order chi connectivity index (χ0) is 16.1. The first-order valence-corrected chi connectivity index (χ1v) is 8.04. The van der Waals surface area contributed by atoms with E-state index in [-0.39, 0.29) is 11.2 Å². The van der Waals surface area contributed by atoms with E-state index in [4.69, 9.17) is 4.42 Å². The third-order valence-electron chi connectivity index (χ3n) is 3.22. The molecular weight excluding hydrogens is 312 g/mol. The number of carbonyl (C=O) groups is 1. The number of hydrogen-bond acceptors (Lipinski definition) is 5. The standard InChI is InChI=1S/C16H16N4O2S/c1-12(15(21)17-10-14-8-5-9-22-14)23-16-19-18-11-20(16)13-6-3-2-4-7-13/h2-9,11-12H,10H2,1H3,(H,17,21)/t12-/m1/s1. The molecule has 23 heavy (non-hydrogen) atoms. The molecule has 0 saturated heterocycles. The van der Waals surface area contributed by atoms with Crippen LogP contribution in [-0.2, 0) is 11.3 Å². The van der Waals surface area contributed by atoms with Crippen LogP contribution in [0, 0.1) is 0 Å². The minimum Gasteiger partial charge on any atom is -0.467 e. The van der Waals surface area contributed by atoms with Crippen LogP contribution in [0.5, 0.6) is 0 Å². The average molecular weight is 328 g/mol. The number of thioether (sulfide) groups is 1. The van der Waals surface area contributed by atoms with Crippen molar-refractivity contribution in [1.29, 1.82) is 0 Å². The van der Waals surface area contributed by atoms with E-state index in [0.717, 1.165) is 11.4 Å². The molecule has 118 valence electrons. The van der Waals surface area contributed by atoms with E-state index < -0.39 is 0 Å². The second-order valence-corrected chi connectivity index (χ2v) is 6.18. The van der Waals surface area contributed by atoms with Gasteiger partial charge in [-0.1, -0.05) is 30.0 Å². The van der Waals surface area contributed by atoms with Crippen LogP contribution in [0.1, 0.15) is 12.7 Å². The molecule has 0 saturated carbocycles. The number of carbonyl (C=O) groups excluding carboxylic acids is 1. The Morgan fingerprint density at radius 1 is 1.30 bits per heavy atom. The van der Waals surface area contributed by atoms with Crippen LogP contribution in [0.25, 0.3) is 5.69 Å². The lowest BCUT2D eigenvalue weighted by atomic mass is 10.3. The highest BCUT2D eigenvalue weighted by atomic mass is 32.2. The minimum absolute atomic E-state index is 0.0750. The molecule has 1 amide bonds. The Labute approximate surface area is 137 Å². The highest BCUT2D eigenvalue weighted by molar-refractivity contribution is 8.00. The molecule has 2 heterocycles. The molecule has 7 heteroatoms. The van der Waals surface area contributed by atoms with Gasteiger partial charge in [-0.15, -0.1) is 10.2 Å². The second kappa shape index (κ2) is 7.15. The summed E-state index contributed by atoms with van der Waals surface area (Å²) in [5, 5.41) is 11.3. The number of aromatic nitrogens is 3. The molecule has 1 aromatic carbocycles. The van der Waals surface area contributed by atoms with Gasteiger partial charge in [-0.2, -0.15) is 0 Å². The first-order valence-electron chi connectivity index (χ1n) is 7.16. The zero-order valence-corrected chi connectivity index (χ0v) is 13.4. The van der Waals surface area contributed by atoms with E-state index >= 15 is 0 Å². The molecule has 0 aliphatic heterocycles. The molecule has 3 rings (SSSR count). The summed E-state index contributed by atoms with van der Waals surface area (Å²) in [4.78, 5) is 12.2. The van der Waals surface area contributed by atoms with Crippen LogP contribution in [-0.4, -0.2) is 25.9 Å². The Kier molecular flexibility index (Phi) is 4.77. The molecule has 0 radical (unpaired) electrons. The number of nitrogens with one attached hydrogen (secondary N) is 1. The summed E-state index contributed by atoms with van der Waals surface area (Å²) in [6.45, 7) is 2.22. The normalized spacial score (nSPS) is 12.0. The Hall–Kier alpha value is -2.54. The fourth-order valence-corrected chi connectivity index (χ4v) is 2.88. The summed E-state index contributed by atoms with van der Waals surface area (Å²) >= 11 is 1.36. The van der Waals surface area contributed by atoms with Crippen LogP contribution in [0.2, 0.25) is 0 Å². The van der Waals surface area contributed by atoms with E-state index in [2.05, 4.69) is 15.5 Å². The number of benzene rings is 1. The van der Waals surface area contributed by atoms with Crippen molar-refractivity contribution in [3.63, 3.8) is 0 Å². The van der Waals surface area contributed by atoms with Crippen LogP contribution >= 0.6 is 11.8 Å². The van der Waals surface area contributed by atoms with E-state index in [1.807, 2.05) is 47.9 Å². The molecule has 0 spiro atoms. The van der Waals surface area contributed by atoms with Crippen molar-refractivity contribution in [1.82, 2.24) is 20.1 Å². The summed E-state index contributed by atoms with van der Waals surface area (Å²) in [6.07, 6.45) is 3.23. The number of hydrogen-bond donors (Lipinski definition) is 1. The van der Waals surface area contributed by atoms with Gasteiger partial charge in [-0.25, -0.2) is 0 Å². The predicted octanol–water partition coefficient (Wildman–Crippen LogP) is 2.66. The SMILES string of the molecule is C[C@@H](Sc1nncn1-c1ccccc1)C(=O)NCc1ccco1. The molecule has 0 aliphatic carbocycles. The molecule has 0 bridgehead atoms. The van der Waals surface area contributed by atoms with Gasteiger partial charge < -0.3 is 9.73 Å². The van der Waals surface area contributed by atoms with Gasteiger partial charge in [0.2, 0.25) is 5.91 Å². The number of nitrogens with zero attached hydrogens (tertiary/aromatic N) is 3. The molecule has 0 unspecified atom stereocenters. The molecule has 3 aromatic rings. The van der Waals surface area contributed by atoms with Gasteiger partial charge in [0, 0.05) is 5.69 Å². The quantitative estimate of drug-likeness (QED) is 0.704. The summed E-state index contributed by atoms with van der Waals surface area (Å²) in [5.74, 6) is 0.650. The number of para-hydroxylation sites is 1. The zero-order valence-electron chi connectivity index (χ0n) is 12.5. The Morgan fingerprint density at radius 3 is 2.87 bits per heavy atom. The highest BCUT2D eigenvalue weighted by Gasteiger charge is 2.18. The Balaban J connectivity index is 1.63. The number of furan rings is 1. The minimum atomic E-state index is -0.295. The van der Waals surface area contributed by atoms with Gasteiger partial charge in [0.25, 0.3) is 0 Å². The van der Waals surface area contributed by atoms with Gasteiger partial charge in [0.1, 0.15) is 12.1 Å². The monoisotopic (exact) mass is 328 g/mol. The van der Waals surface area contributed by atoms with E-state index in [1.54, 1.807) is 18.7 Å². The van der Waals surface area contributed by atoms with Crippen LogP contribution in [0.15, 0.2) is 64.6 Å². The Morgan fingerprint density at radius 2 is 2.13 bits per heavy atom. The summed E-state index contributed by atoms with van der Waals surface area (Å²) in [6, 6.07) is 13.4. The van der Waals surface area contributed by atoms with Gasteiger partial charge >= 0.3 is 0 Å². The van der Waals surface area contributed by atoms with E-state index in [1.165, 1.54) is 11.8 Å². The predicted molar refractivity (Wildman–Crippen MR) is 87.2 cm³/mol.